The summed E-state index contributed by atoms with van der Waals surface area (Å²) < 4.78 is 14.3. The van der Waals surface area contributed by atoms with Gasteiger partial charge in [0.1, 0.15) is 5.82 Å². The fourth-order valence-electron chi connectivity index (χ4n) is 2.00. The Morgan fingerprint density at radius 2 is 2.11 bits per heavy atom. The monoisotopic (exact) mass is 281 g/mol. The number of rotatable bonds is 3. The number of benzene rings is 1. The quantitative estimate of drug-likeness (QED) is 0.867. The van der Waals surface area contributed by atoms with E-state index in [9.17, 15) is 14.0 Å². The van der Waals surface area contributed by atoms with Gasteiger partial charge in [0.15, 0.2) is 0 Å². The second-order valence-electron chi connectivity index (χ2n) is 4.87. The van der Waals surface area contributed by atoms with Crippen LogP contribution in [0.1, 0.15) is 38.2 Å². The summed E-state index contributed by atoms with van der Waals surface area (Å²) in [5, 5.41) is 1.89. The molecule has 1 aliphatic heterocycles. The number of imide groups is 1. The molecule has 0 spiro atoms. The van der Waals surface area contributed by atoms with Gasteiger partial charge in [-0.2, -0.15) is 0 Å². The van der Waals surface area contributed by atoms with E-state index in [4.69, 9.17) is 0 Å². The van der Waals surface area contributed by atoms with Crippen molar-refractivity contribution in [1.29, 1.82) is 0 Å². The molecular weight excluding hydrogens is 265 g/mol. The summed E-state index contributed by atoms with van der Waals surface area (Å²) in [7, 11) is 0. The van der Waals surface area contributed by atoms with Gasteiger partial charge in [0, 0.05) is 11.3 Å². The third-order valence-electron chi connectivity index (χ3n) is 3.07. The molecule has 1 heterocycles. The van der Waals surface area contributed by atoms with Crippen LogP contribution in [-0.4, -0.2) is 17.1 Å². The summed E-state index contributed by atoms with van der Waals surface area (Å²) in [6, 6.07) is 5.23. The zero-order valence-corrected chi connectivity index (χ0v) is 11.7. The highest BCUT2D eigenvalue weighted by Gasteiger charge is 2.28. The van der Waals surface area contributed by atoms with Gasteiger partial charge in [-0.15, -0.1) is 11.8 Å². The number of hydrogen-bond donors (Lipinski definition) is 1. The molecule has 0 radical (unpaired) electrons. The van der Waals surface area contributed by atoms with E-state index in [2.05, 4.69) is 5.32 Å². The van der Waals surface area contributed by atoms with Crippen molar-refractivity contribution in [2.24, 2.45) is 0 Å². The molecule has 1 saturated heterocycles. The third-order valence-corrected chi connectivity index (χ3v) is 4.38. The summed E-state index contributed by atoms with van der Waals surface area (Å²) in [6.45, 7) is 3.86. The lowest BCUT2D eigenvalue weighted by atomic mass is 10.0. The maximum atomic E-state index is 14.3. The average Bonchev–Trinajstić information content (AvgIpc) is 2.34. The van der Waals surface area contributed by atoms with Crippen LogP contribution < -0.4 is 5.32 Å². The van der Waals surface area contributed by atoms with Gasteiger partial charge >= 0.3 is 0 Å². The highest BCUT2D eigenvalue weighted by Crippen LogP contribution is 2.33. The molecule has 19 heavy (non-hydrogen) atoms. The van der Waals surface area contributed by atoms with Crippen molar-refractivity contribution in [3.8, 4) is 0 Å². The van der Waals surface area contributed by atoms with Crippen LogP contribution in [0.2, 0.25) is 0 Å². The van der Waals surface area contributed by atoms with E-state index in [1.165, 1.54) is 11.8 Å². The Balaban J connectivity index is 2.17. The molecule has 0 saturated carbocycles. The molecule has 1 aromatic carbocycles. The van der Waals surface area contributed by atoms with Gasteiger partial charge in [0.05, 0.1) is 5.25 Å². The van der Waals surface area contributed by atoms with Crippen molar-refractivity contribution >= 4 is 23.6 Å². The molecule has 0 aromatic heterocycles. The number of carbonyl (C=O) groups excluding carboxylic acids is 2. The normalized spacial score (nSPS) is 19.7. The summed E-state index contributed by atoms with van der Waals surface area (Å²) in [6.07, 6.45) is 0.773. The number of nitrogens with one attached hydrogen (secondary N) is 1. The average molecular weight is 281 g/mol. The second kappa shape index (κ2) is 5.74. The van der Waals surface area contributed by atoms with Crippen LogP contribution in [0.3, 0.4) is 0 Å². The lowest BCUT2D eigenvalue weighted by Gasteiger charge is -2.21. The highest BCUT2D eigenvalue weighted by atomic mass is 32.2. The minimum atomic E-state index is -0.394. The van der Waals surface area contributed by atoms with Crippen LogP contribution in [0.25, 0.3) is 0 Å². The maximum absolute atomic E-state index is 14.3. The van der Waals surface area contributed by atoms with Gasteiger partial charge in [-0.05, 0) is 24.0 Å². The first-order valence-corrected chi connectivity index (χ1v) is 7.15. The van der Waals surface area contributed by atoms with Crippen LogP contribution in [0.15, 0.2) is 23.1 Å². The molecule has 1 aliphatic rings. The molecule has 1 atom stereocenters. The SMILES string of the molecule is CC(C)c1cccc(SC2CCC(=O)NC2=O)c1F. The summed E-state index contributed by atoms with van der Waals surface area (Å²) in [5.74, 6) is -0.733. The van der Waals surface area contributed by atoms with Crippen LogP contribution >= 0.6 is 11.8 Å². The molecule has 3 nitrogen and oxygen atoms in total. The standard InChI is InChI=1S/C14H16FNO2S/c1-8(2)9-4-3-5-10(13(9)15)19-11-6-7-12(17)16-14(11)18/h3-5,8,11H,6-7H2,1-2H3,(H,16,17,18). The van der Waals surface area contributed by atoms with E-state index in [-0.39, 0.29) is 23.5 Å². The second-order valence-corrected chi connectivity index (χ2v) is 6.12. The Labute approximate surface area is 116 Å². The zero-order valence-electron chi connectivity index (χ0n) is 10.9. The van der Waals surface area contributed by atoms with Crippen molar-refractivity contribution in [1.82, 2.24) is 5.32 Å². The summed E-state index contributed by atoms with van der Waals surface area (Å²) in [4.78, 5) is 23.2. The van der Waals surface area contributed by atoms with Crippen LogP contribution in [0, 0.1) is 5.82 Å². The van der Waals surface area contributed by atoms with E-state index in [1.807, 2.05) is 13.8 Å². The van der Waals surface area contributed by atoms with Gasteiger partial charge < -0.3 is 0 Å². The van der Waals surface area contributed by atoms with Crippen molar-refractivity contribution in [3.63, 3.8) is 0 Å². The molecule has 0 aliphatic carbocycles. The maximum Gasteiger partial charge on any atom is 0.240 e. The predicted molar refractivity (Wildman–Crippen MR) is 72.5 cm³/mol. The molecule has 2 rings (SSSR count). The number of carbonyl (C=O) groups is 2. The van der Waals surface area contributed by atoms with E-state index >= 15 is 0 Å². The molecule has 102 valence electrons. The van der Waals surface area contributed by atoms with Crippen LogP contribution in [-0.2, 0) is 9.59 Å². The van der Waals surface area contributed by atoms with Crippen molar-refractivity contribution in [3.05, 3.63) is 29.6 Å². The first kappa shape index (κ1) is 14.1. The number of halogens is 1. The largest absolute Gasteiger partial charge is 0.295 e. The lowest BCUT2D eigenvalue weighted by Crippen LogP contribution is -2.42. The van der Waals surface area contributed by atoms with Gasteiger partial charge in [-0.3, -0.25) is 14.9 Å². The number of piperidine rings is 1. The van der Waals surface area contributed by atoms with Crippen LogP contribution in [0.5, 0.6) is 0 Å². The molecule has 5 heteroatoms. The Kier molecular flexibility index (Phi) is 4.24. The number of amides is 2. The molecule has 1 fully saturated rings. The topological polar surface area (TPSA) is 46.2 Å². The molecule has 1 aromatic rings. The first-order valence-electron chi connectivity index (χ1n) is 6.27. The van der Waals surface area contributed by atoms with Crippen LogP contribution in [0.4, 0.5) is 4.39 Å². The lowest BCUT2D eigenvalue weighted by molar-refractivity contribution is -0.132. The number of thioether (sulfide) groups is 1. The fraction of sp³-hybridized carbons (Fsp3) is 0.429. The molecule has 1 unspecified atom stereocenters. The Hall–Kier alpha value is -1.36. The third kappa shape index (κ3) is 3.15. The smallest absolute Gasteiger partial charge is 0.240 e. The highest BCUT2D eigenvalue weighted by molar-refractivity contribution is 8.00. The Morgan fingerprint density at radius 3 is 2.74 bits per heavy atom. The van der Waals surface area contributed by atoms with Gasteiger partial charge in [0.25, 0.3) is 0 Å². The van der Waals surface area contributed by atoms with Gasteiger partial charge in [-0.1, -0.05) is 26.0 Å². The van der Waals surface area contributed by atoms with Crippen molar-refractivity contribution in [2.75, 3.05) is 0 Å². The van der Waals surface area contributed by atoms with E-state index in [1.54, 1.807) is 18.2 Å². The Bertz CT molecular complexity index is 516. The molecule has 0 bridgehead atoms. The number of hydrogen-bond acceptors (Lipinski definition) is 3. The van der Waals surface area contributed by atoms with E-state index < -0.39 is 5.25 Å². The van der Waals surface area contributed by atoms with Crippen molar-refractivity contribution in [2.45, 2.75) is 42.8 Å². The molecular formula is C14H16FNO2S. The zero-order chi connectivity index (χ0) is 14.0. The van der Waals surface area contributed by atoms with Gasteiger partial charge in [-0.25, -0.2) is 4.39 Å². The predicted octanol–water partition coefficient (Wildman–Crippen LogP) is 2.85. The molecule has 2 amide bonds. The van der Waals surface area contributed by atoms with Gasteiger partial charge in [0.2, 0.25) is 11.8 Å². The Morgan fingerprint density at radius 1 is 1.37 bits per heavy atom. The van der Waals surface area contributed by atoms with E-state index in [0.29, 0.717) is 23.3 Å². The molecule has 1 N–H and O–H groups in total. The summed E-state index contributed by atoms with van der Waals surface area (Å²) in [5.41, 5.74) is 0.650. The summed E-state index contributed by atoms with van der Waals surface area (Å²) >= 11 is 1.19. The van der Waals surface area contributed by atoms with E-state index in [0.717, 1.165) is 0 Å². The fourth-order valence-corrected chi connectivity index (χ4v) is 3.09. The minimum Gasteiger partial charge on any atom is -0.295 e. The van der Waals surface area contributed by atoms with Crippen molar-refractivity contribution < 1.29 is 14.0 Å². The first-order chi connectivity index (χ1) is 8.99. The minimum absolute atomic E-state index is 0.0994.